The number of ether oxygens (including phenoxy) is 2. The van der Waals surface area contributed by atoms with Crippen molar-refractivity contribution in [3.8, 4) is 11.5 Å². The Kier molecular flexibility index (Phi) is 7.61. The van der Waals surface area contributed by atoms with Crippen LogP contribution in [0, 0.1) is 5.92 Å². The van der Waals surface area contributed by atoms with Crippen molar-refractivity contribution in [1.82, 2.24) is 5.32 Å². The second-order valence-electron chi connectivity index (χ2n) is 5.24. The van der Waals surface area contributed by atoms with Crippen molar-refractivity contribution in [3.63, 3.8) is 0 Å². The highest BCUT2D eigenvalue weighted by molar-refractivity contribution is 5.66. The first kappa shape index (κ1) is 17.3. The fourth-order valence-electron chi connectivity index (χ4n) is 1.73. The maximum Gasteiger partial charge on any atom is 0.304 e. The molecule has 0 atom stereocenters. The van der Waals surface area contributed by atoms with Crippen LogP contribution in [-0.4, -0.2) is 30.8 Å². The molecule has 118 valence electrons. The number of nitrogens with one attached hydrogen (secondary N) is 1. The van der Waals surface area contributed by atoms with E-state index >= 15 is 0 Å². The molecule has 0 unspecified atom stereocenters. The summed E-state index contributed by atoms with van der Waals surface area (Å²) in [5.74, 6) is 1.14. The van der Waals surface area contributed by atoms with Crippen LogP contribution in [0.5, 0.6) is 11.5 Å². The Morgan fingerprint density at radius 3 is 2.67 bits per heavy atom. The number of rotatable bonds is 10. The minimum absolute atomic E-state index is 0.119. The number of carboxylic acids is 1. The summed E-state index contributed by atoms with van der Waals surface area (Å²) < 4.78 is 11.3. The lowest BCUT2D eigenvalue weighted by Crippen LogP contribution is -2.17. The zero-order valence-corrected chi connectivity index (χ0v) is 13.0. The van der Waals surface area contributed by atoms with Gasteiger partial charge in [0.15, 0.2) is 11.5 Å². The fourth-order valence-corrected chi connectivity index (χ4v) is 1.73. The third-order valence-corrected chi connectivity index (χ3v) is 2.72. The van der Waals surface area contributed by atoms with Crippen molar-refractivity contribution in [2.24, 2.45) is 5.92 Å². The largest absolute Gasteiger partial charge is 0.490 e. The molecule has 21 heavy (non-hydrogen) atoms. The van der Waals surface area contributed by atoms with Gasteiger partial charge >= 0.3 is 5.97 Å². The van der Waals surface area contributed by atoms with E-state index in [-0.39, 0.29) is 6.42 Å². The summed E-state index contributed by atoms with van der Waals surface area (Å²) in [6.45, 7) is 8.42. The molecule has 5 nitrogen and oxygen atoms in total. The van der Waals surface area contributed by atoms with Crippen molar-refractivity contribution < 1.29 is 19.4 Å². The lowest BCUT2D eigenvalue weighted by atomic mass is 10.2. The molecule has 0 spiro atoms. The predicted octanol–water partition coefficient (Wildman–Crippen LogP) is 2.68. The smallest absolute Gasteiger partial charge is 0.304 e. The molecule has 0 heterocycles. The molecule has 0 fully saturated rings. The molecule has 1 rings (SSSR count). The monoisotopic (exact) mass is 295 g/mol. The van der Waals surface area contributed by atoms with Crippen molar-refractivity contribution in [2.45, 2.75) is 33.7 Å². The molecule has 0 aliphatic heterocycles. The number of aliphatic carboxylic acids is 1. The predicted molar refractivity (Wildman–Crippen MR) is 81.9 cm³/mol. The van der Waals surface area contributed by atoms with Gasteiger partial charge in [0.2, 0.25) is 0 Å². The highest BCUT2D eigenvalue weighted by atomic mass is 16.5. The SMILES string of the molecule is CCOc1cc(CNCCC(=O)O)ccc1OCC(C)C. The van der Waals surface area contributed by atoms with Gasteiger partial charge in [-0.15, -0.1) is 0 Å². The molecule has 0 saturated heterocycles. The third-order valence-electron chi connectivity index (χ3n) is 2.72. The van der Waals surface area contributed by atoms with Crippen molar-refractivity contribution in [2.75, 3.05) is 19.8 Å². The number of hydrogen-bond donors (Lipinski definition) is 2. The Morgan fingerprint density at radius 2 is 2.05 bits per heavy atom. The number of benzene rings is 1. The van der Waals surface area contributed by atoms with Crippen LogP contribution in [0.3, 0.4) is 0 Å². The van der Waals surface area contributed by atoms with E-state index in [0.717, 1.165) is 17.1 Å². The second kappa shape index (κ2) is 9.23. The number of hydrogen-bond acceptors (Lipinski definition) is 4. The molecule has 0 amide bonds. The quantitative estimate of drug-likeness (QED) is 0.650. The number of carboxylic acid groups (broad SMARTS) is 1. The van der Waals surface area contributed by atoms with Gasteiger partial charge in [-0.1, -0.05) is 19.9 Å². The van der Waals surface area contributed by atoms with Crippen LogP contribution in [0.25, 0.3) is 0 Å². The van der Waals surface area contributed by atoms with E-state index in [9.17, 15) is 4.79 Å². The molecule has 5 heteroatoms. The van der Waals surface area contributed by atoms with Gasteiger partial charge in [0, 0.05) is 13.1 Å². The topological polar surface area (TPSA) is 67.8 Å². The van der Waals surface area contributed by atoms with E-state index in [1.54, 1.807) is 0 Å². The van der Waals surface area contributed by atoms with Crippen LogP contribution in [0.4, 0.5) is 0 Å². The Bertz CT molecular complexity index is 446. The highest BCUT2D eigenvalue weighted by Crippen LogP contribution is 2.28. The first-order chi connectivity index (χ1) is 10.0. The van der Waals surface area contributed by atoms with E-state index in [1.165, 1.54) is 0 Å². The summed E-state index contributed by atoms with van der Waals surface area (Å²) in [5.41, 5.74) is 1.04. The van der Waals surface area contributed by atoms with E-state index in [4.69, 9.17) is 14.6 Å². The van der Waals surface area contributed by atoms with E-state index in [2.05, 4.69) is 19.2 Å². The Hall–Kier alpha value is -1.75. The van der Waals surface area contributed by atoms with Crippen LogP contribution in [0.15, 0.2) is 18.2 Å². The molecule has 0 bridgehead atoms. The van der Waals surface area contributed by atoms with Crippen LogP contribution >= 0.6 is 0 Å². The Labute approximate surface area is 126 Å². The molecular weight excluding hydrogens is 270 g/mol. The van der Waals surface area contributed by atoms with Gasteiger partial charge in [0.25, 0.3) is 0 Å². The van der Waals surface area contributed by atoms with E-state index < -0.39 is 5.97 Å². The second-order valence-corrected chi connectivity index (χ2v) is 5.24. The molecule has 0 aromatic heterocycles. The summed E-state index contributed by atoms with van der Waals surface area (Å²) in [6, 6.07) is 5.81. The molecule has 1 aromatic carbocycles. The minimum atomic E-state index is -0.796. The maximum absolute atomic E-state index is 10.4. The molecule has 0 radical (unpaired) electrons. The van der Waals surface area contributed by atoms with Crippen LogP contribution in [0.2, 0.25) is 0 Å². The first-order valence-electron chi connectivity index (χ1n) is 7.34. The maximum atomic E-state index is 10.4. The van der Waals surface area contributed by atoms with E-state index in [0.29, 0.717) is 32.2 Å². The molecule has 0 aliphatic rings. The minimum Gasteiger partial charge on any atom is -0.490 e. The van der Waals surface area contributed by atoms with Gasteiger partial charge in [-0.05, 0) is 30.5 Å². The van der Waals surface area contributed by atoms with Crippen molar-refractivity contribution in [1.29, 1.82) is 0 Å². The van der Waals surface area contributed by atoms with Gasteiger partial charge < -0.3 is 19.9 Å². The molecule has 0 saturated carbocycles. The van der Waals surface area contributed by atoms with Gasteiger partial charge in [0.1, 0.15) is 0 Å². The average Bonchev–Trinajstić information content (AvgIpc) is 2.42. The van der Waals surface area contributed by atoms with Crippen LogP contribution in [0.1, 0.15) is 32.8 Å². The van der Waals surface area contributed by atoms with Gasteiger partial charge in [-0.2, -0.15) is 0 Å². The summed E-state index contributed by atoms with van der Waals surface area (Å²) >= 11 is 0. The molecular formula is C16H25NO4. The van der Waals surface area contributed by atoms with Gasteiger partial charge in [0.05, 0.1) is 19.6 Å². The Morgan fingerprint density at radius 1 is 1.29 bits per heavy atom. The summed E-state index contributed by atoms with van der Waals surface area (Å²) in [6.07, 6.45) is 0.119. The van der Waals surface area contributed by atoms with Crippen molar-refractivity contribution in [3.05, 3.63) is 23.8 Å². The number of carbonyl (C=O) groups is 1. The molecule has 1 aromatic rings. The van der Waals surface area contributed by atoms with Crippen molar-refractivity contribution >= 4 is 5.97 Å². The summed E-state index contributed by atoms with van der Waals surface area (Å²) in [4.78, 5) is 10.4. The fraction of sp³-hybridized carbons (Fsp3) is 0.562. The third kappa shape index (κ3) is 6.99. The highest BCUT2D eigenvalue weighted by Gasteiger charge is 2.07. The lowest BCUT2D eigenvalue weighted by molar-refractivity contribution is -0.136. The normalized spacial score (nSPS) is 10.7. The summed E-state index contributed by atoms with van der Waals surface area (Å²) in [7, 11) is 0. The van der Waals surface area contributed by atoms with Crippen LogP contribution in [-0.2, 0) is 11.3 Å². The molecule has 2 N–H and O–H groups in total. The van der Waals surface area contributed by atoms with Gasteiger partial charge in [-0.25, -0.2) is 0 Å². The Balaban J connectivity index is 2.61. The standard InChI is InChI=1S/C16H25NO4/c1-4-20-15-9-13(10-17-8-7-16(18)19)5-6-14(15)21-11-12(2)3/h5-6,9,12,17H,4,7-8,10-11H2,1-3H3,(H,18,19). The van der Waals surface area contributed by atoms with E-state index in [1.807, 2.05) is 25.1 Å². The molecule has 0 aliphatic carbocycles. The van der Waals surface area contributed by atoms with Crippen LogP contribution < -0.4 is 14.8 Å². The lowest BCUT2D eigenvalue weighted by Gasteiger charge is -2.15. The zero-order chi connectivity index (χ0) is 15.7. The first-order valence-corrected chi connectivity index (χ1v) is 7.34. The summed E-state index contributed by atoms with van der Waals surface area (Å²) in [5, 5.41) is 11.7. The zero-order valence-electron chi connectivity index (χ0n) is 13.0. The van der Waals surface area contributed by atoms with Gasteiger partial charge in [-0.3, -0.25) is 4.79 Å². The average molecular weight is 295 g/mol.